The molecular formula is C15H23ClN2. The van der Waals surface area contributed by atoms with Crippen LogP contribution in [0.2, 0.25) is 5.02 Å². The summed E-state index contributed by atoms with van der Waals surface area (Å²) in [7, 11) is 0. The average Bonchev–Trinajstić information content (AvgIpc) is 2.83. The average molecular weight is 267 g/mol. The van der Waals surface area contributed by atoms with Crippen LogP contribution in [0.1, 0.15) is 38.7 Å². The van der Waals surface area contributed by atoms with Gasteiger partial charge in [-0.15, -0.1) is 0 Å². The lowest BCUT2D eigenvalue weighted by atomic mass is 9.82. The van der Waals surface area contributed by atoms with Crippen molar-refractivity contribution >= 4 is 17.3 Å². The molecule has 0 aromatic heterocycles. The van der Waals surface area contributed by atoms with Gasteiger partial charge in [0.15, 0.2) is 0 Å². The molecule has 0 atom stereocenters. The van der Waals surface area contributed by atoms with E-state index >= 15 is 0 Å². The highest BCUT2D eigenvalue weighted by Gasteiger charge is 2.35. The van der Waals surface area contributed by atoms with E-state index in [-0.39, 0.29) is 0 Å². The van der Waals surface area contributed by atoms with E-state index in [2.05, 4.69) is 30.9 Å². The minimum atomic E-state index is 0.480. The number of benzene rings is 1. The van der Waals surface area contributed by atoms with Gasteiger partial charge in [0.1, 0.15) is 0 Å². The van der Waals surface area contributed by atoms with E-state index in [0.29, 0.717) is 12.0 Å². The number of hydrogen-bond acceptors (Lipinski definition) is 2. The number of nitrogens with two attached hydrogens (primary N) is 1. The van der Waals surface area contributed by atoms with E-state index in [1.165, 1.54) is 30.5 Å². The third-order valence-corrected chi connectivity index (χ3v) is 4.78. The molecule has 0 spiro atoms. The maximum Gasteiger partial charge on any atom is 0.0426 e. The van der Waals surface area contributed by atoms with Crippen LogP contribution in [0.4, 0.5) is 5.69 Å². The summed E-state index contributed by atoms with van der Waals surface area (Å²) in [6.07, 6.45) is 3.77. The quantitative estimate of drug-likeness (QED) is 0.898. The van der Waals surface area contributed by atoms with Crippen LogP contribution in [-0.4, -0.2) is 13.1 Å². The first-order chi connectivity index (χ1) is 8.64. The third kappa shape index (κ3) is 2.50. The molecule has 0 bridgehead atoms. The summed E-state index contributed by atoms with van der Waals surface area (Å²) in [6.45, 7) is 7.43. The zero-order valence-electron chi connectivity index (χ0n) is 11.4. The van der Waals surface area contributed by atoms with Crippen molar-refractivity contribution < 1.29 is 0 Å². The van der Waals surface area contributed by atoms with E-state index in [4.69, 9.17) is 17.3 Å². The van der Waals surface area contributed by atoms with Gasteiger partial charge in [-0.1, -0.05) is 31.5 Å². The number of halogens is 1. The van der Waals surface area contributed by atoms with Gasteiger partial charge in [0.05, 0.1) is 0 Å². The summed E-state index contributed by atoms with van der Waals surface area (Å²) in [5.41, 5.74) is 8.74. The smallest absolute Gasteiger partial charge is 0.0426 e. The van der Waals surface area contributed by atoms with Gasteiger partial charge in [-0.25, -0.2) is 0 Å². The first kappa shape index (κ1) is 13.7. The van der Waals surface area contributed by atoms with E-state index in [9.17, 15) is 0 Å². The SMILES string of the molecule is CCC1(CC)CCN(c2cc(Cl)ccc2CN)C1. The van der Waals surface area contributed by atoms with Crippen molar-refractivity contribution in [2.45, 2.75) is 39.7 Å². The molecular weight excluding hydrogens is 244 g/mol. The highest BCUT2D eigenvalue weighted by molar-refractivity contribution is 6.30. The van der Waals surface area contributed by atoms with E-state index < -0.39 is 0 Å². The molecule has 1 aliphatic heterocycles. The summed E-state index contributed by atoms with van der Waals surface area (Å²) in [4.78, 5) is 2.46. The van der Waals surface area contributed by atoms with Crippen molar-refractivity contribution in [1.29, 1.82) is 0 Å². The Labute approximate surface area is 115 Å². The maximum atomic E-state index is 6.12. The van der Waals surface area contributed by atoms with E-state index in [1.54, 1.807) is 0 Å². The molecule has 0 amide bonds. The van der Waals surface area contributed by atoms with E-state index in [0.717, 1.165) is 18.1 Å². The summed E-state index contributed by atoms with van der Waals surface area (Å²) < 4.78 is 0. The molecule has 1 heterocycles. The van der Waals surface area contributed by atoms with Crippen LogP contribution in [0.3, 0.4) is 0 Å². The molecule has 100 valence electrons. The molecule has 2 rings (SSSR count). The number of hydrogen-bond donors (Lipinski definition) is 1. The monoisotopic (exact) mass is 266 g/mol. The van der Waals surface area contributed by atoms with Gasteiger partial charge in [-0.2, -0.15) is 0 Å². The molecule has 2 nitrogen and oxygen atoms in total. The van der Waals surface area contributed by atoms with Gasteiger partial charge in [0.25, 0.3) is 0 Å². The van der Waals surface area contributed by atoms with Gasteiger partial charge >= 0.3 is 0 Å². The van der Waals surface area contributed by atoms with Gasteiger partial charge in [0.2, 0.25) is 0 Å². The zero-order chi connectivity index (χ0) is 13.2. The number of anilines is 1. The molecule has 3 heteroatoms. The predicted molar refractivity (Wildman–Crippen MR) is 79.2 cm³/mol. The largest absolute Gasteiger partial charge is 0.371 e. The highest BCUT2D eigenvalue weighted by atomic mass is 35.5. The zero-order valence-corrected chi connectivity index (χ0v) is 12.1. The molecule has 1 saturated heterocycles. The Hall–Kier alpha value is -0.730. The van der Waals surface area contributed by atoms with Gasteiger partial charge < -0.3 is 10.6 Å². The Morgan fingerprint density at radius 3 is 2.61 bits per heavy atom. The fourth-order valence-corrected chi connectivity index (χ4v) is 3.14. The second-order valence-corrected chi connectivity index (χ2v) is 5.79. The fourth-order valence-electron chi connectivity index (χ4n) is 2.97. The Balaban J connectivity index is 2.26. The Morgan fingerprint density at radius 1 is 1.33 bits per heavy atom. The lowest BCUT2D eigenvalue weighted by Gasteiger charge is -2.28. The van der Waals surface area contributed by atoms with Gasteiger partial charge in [-0.05, 0) is 42.4 Å². The molecule has 1 aromatic rings. The summed E-state index contributed by atoms with van der Waals surface area (Å²) in [6, 6.07) is 6.04. The van der Waals surface area contributed by atoms with Crippen molar-refractivity contribution in [3.63, 3.8) is 0 Å². The van der Waals surface area contributed by atoms with Crippen LogP contribution in [0.25, 0.3) is 0 Å². The second-order valence-electron chi connectivity index (χ2n) is 5.36. The molecule has 0 unspecified atom stereocenters. The molecule has 1 aromatic carbocycles. The second kappa shape index (κ2) is 5.50. The lowest BCUT2D eigenvalue weighted by molar-refractivity contribution is 0.301. The summed E-state index contributed by atoms with van der Waals surface area (Å²) in [5.74, 6) is 0. The molecule has 1 fully saturated rings. The molecule has 0 radical (unpaired) electrons. The Kier molecular flexibility index (Phi) is 4.18. The minimum absolute atomic E-state index is 0.480. The number of rotatable bonds is 4. The standard InChI is InChI=1S/C15H23ClN2/c1-3-15(4-2)7-8-18(11-15)14-9-13(16)6-5-12(14)10-17/h5-6,9H,3-4,7-8,10-11,17H2,1-2H3. The summed E-state index contributed by atoms with van der Waals surface area (Å²) in [5, 5.41) is 0.799. The van der Waals surface area contributed by atoms with Crippen LogP contribution >= 0.6 is 11.6 Å². The first-order valence-electron chi connectivity index (χ1n) is 6.87. The number of nitrogens with zero attached hydrogens (tertiary/aromatic N) is 1. The van der Waals surface area contributed by atoms with Gasteiger partial charge in [0, 0.05) is 30.3 Å². The Bertz CT molecular complexity index is 413. The molecule has 18 heavy (non-hydrogen) atoms. The third-order valence-electron chi connectivity index (χ3n) is 4.55. The van der Waals surface area contributed by atoms with Crippen molar-refractivity contribution in [1.82, 2.24) is 0 Å². The Morgan fingerprint density at radius 2 is 2.06 bits per heavy atom. The van der Waals surface area contributed by atoms with Crippen molar-refractivity contribution in [3.8, 4) is 0 Å². The topological polar surface area (TPSA) is 29.3 Å². The van der Waals surface area contributed by atoms with Gasteiger partial charge in [-0.3, -0.25) is 0 Å². The molecule has 0 aliphatic carbocycles. The normalized spacial score (nSPS) is 18.3. The van der Waals surface area contributed by atoms with Crippen LogP contribution < -0.4 is 10.6 Å². The van der Waals surface area contributed by atoms with E-state index in [1.807, 2.05) is 6.07 Å². The van der Waals surface area contributed by atoms with Crippen LogP contribution in [0.5, 0.6) is 0 Å². The first-order valence-corrected chi connectivity index (χ1v) is 7.25. The van der Waals surface area contributed by atoms with Crippen LogP contribution in [0, 0.1) is 5.41 Å². The minimum Gasteiger partial charge on any atom is -0.371 e. The molecule has 0 saturated carbocycles. The van der Waals surface area contributed by atoms with Crippen molar-refractivity contribution in [2.24, 2.45) is 11.1 Å². The lowest BCUT2D eigenvalue weighted by Crippen LogP contribution is -2.27. The molecule has 1 aliphatic rings. The summed E-state index contributed by atoms with van der Waals surface area (Å²) >= 11 is 6.12. The van der Waals surface area contributed by atoms with Crippen molar-refractivity contribution in [3.05, 3.63) is 28.8 Å². The van der Waals surface area contributed by atoms with Crippen LogP contribution in [-0.2, 0) is 6.54 Å². The fraction of sp³-hybridized carbons (Fsp3) is 0.600. The van der Waals surface area contributed by atoms with Crippen LogP contribution in [0.15, 0.2) is 18.2 Å². The maximum absolute atomic E-state index is 6.12. The predicted octanol–water partition coefficient (Wildman–Crippen LogP) is 3.82. The van der Waals surface area contributed by atoms with Crippen molar-refractivity contribution in [2.75, 3.05) is 18.0 Å². The molecule has 2 N–H and O–H groups in total. The highest BCUT2D eigenvalue weighted by Crippen LogP contribution is 2.40.